The molecule has 0 unspecified atom stereocenters. The van der Waals surface area contributed by atoms with E-state index in [1.54, 1.807) is 28.3 Å². The van der Waals surface area contributed by atoms with Gasteiger partial charge < -0.3 is 15.1 Å². The second-order valence-electron chi connectivity index (χ2n) is 5.54. The molecule has 0 spiro atoms. The molecule has 1 N–H and O–H groups in total. The number of hydrogen-bond donors (Lipinski definition) is 1. The summed E-state index contributed by atoms with van der Waals surface area (Å²) in [6.45, 7) is 2.82. The summed E-state index contributed by atoms with van der Waals surface area (Å²) in [5.41, 5.74) is 2.19. The maximum atomic E-state index is 12.4. The first kappa shape index (κ1) is 15.9. The Morgan fingerprint density at radius 1 is 1.12 bits per heavy atom. The number of carbonyl (C=O) groups is 2. The standard InChI is InChI=1S/C17H19N5O2/c23-13-21-7-9-22(10-8-21)17(24)16-5-4-15(12-20-16)19-11-14-3-1-2-6-18-14/h1-6,12-13,19H,7-11H2. The van der Waals surface area contributed by atoms with Crippen molar-refractivity contribution < 1.29 is 9.59 Å². The highest BCUT2D eigenvalue weighted by molar-refractivity contribution is 5.92. The van der Waals surface area contributed by atoms with Gasteiger partial charge in [-0.3, -0.25) is 14.6 Å². The Balaban J connectivity index is 1.56. The summed E-state index contributed by atoms with van der Waals surface area (Å²) in [6.07, 6.45) is 4.22. The van der Waals surface area contributed by atoms with Crippen LogP contribution in [-0.4, -0.2) is 58.3 Å². The van der Waals surface area contributed by atoms with Crippen LogP contribution in [0.5, 0.6) is 0 Å². The topological polar surface area (TPSA) is 78.4 Å². The van der Waals surface area contributed by atoms with Crippen molar-refractivity contribution >= 4 is 18.0 Å². The van der Waals surface area contributed by atoms with Crippen molar-refractivity contribution in [2.75, 3.05) is 31.5 Å². The highest BCUT2D eigenvalue weighted by atomic mass is 16.2. The highest BCUT2D eigenvalue weighted by Crippen LogP contribution is 2.11. The van der Waals surface area contributed by atoms with Gasteiger partial charge in [-0.25, -0.2) is 4.98 Å². The van der Waals surface area contributed by atoms with Gasteiger partial charge in [-0.05, 0) is 24.3 Å². The molecule has 0 aromatic carbocycles. The number of nitrogens with one attached hydrogen (secondary N) is 1. The first-order chi connectivity index (χ1) is 11.8. The van der Waals surface area contributed by atoms with Crippen molar-refractivity contribution in [3.05, 3.63) is 54.1 Å². The molecule has 7 heteroatoms. The van der Waals surface area contributed by atoms with Gasteiger partial charge in [0.2, 0.25) is 6.41 Å². The number of amides is 2. The van der Waals surface area contributed by atoms with Crippen LogP contribution in [0.25, 0.3) is 0 Å². The third-order valence-electron chi connectivity index (χ3n) is 3.93. The second kappa shape index (κ2) is 7.54. The Labute approximate surface area is 140 Å². The quantitative estimate of drug-likeness (QED) is 0.830. The molecule has 0 radical (unpaired) electrons. The Morgan fingerprint density at radius 2 is 1.96 bits per heavy atom. The summed E-state index contributed by atoms with van der Waals surface area (Å²) >= 11 is 0. The number of nitrogens with zero attached hydrogens (tertiary/aromatic N) is 4. The molecule has 2 aromatic heterocycles. The van der Waals surface area contributed by atoms with E-state index >= 15 is 0 Å². The van der Waals surface area contributed by atoms with Gasteiger partial charge in [0.15, 0.2) is 0 Å². The Kier molecular flexibility index (Phi) is 5.00. The van der Waals surface area contributed by atoms with Crippen LogP contribution in [0.2, 0.25) is 0 Å². The maximum Gasteiger partial charge on any atom is 0.272 e. The molecule has 1 saturated heterocycles. The smallest absolute Gasteiger partial charge is 0.272 e. The van der Waals surface area contributed by atoms with Gasteiger partial charge in [0, 0.05) is 32.4 Å². The van der Waals surface area contributed by atoms with Crippen LogP contribution in [-0.2, 0) is 11.3 Å². The first-order valence-corrected chi connectivity index (χ1v) is 7.85. The van der Waals surface area contributed by atoms with E-state index in [0.29, 0.717) is 38.4 Å². The maximum absolute atomic E-state index is 12.4. The fourth-order valence-electron chi connectivity index (χ4n) is 2.51. The molecule has 2 amide bonds. The summed E-state index contributed by atoms with van der Waals surface area (Å²) in [4.78, 5) is 35.0. The molecule has 3 heterocycles. The van der Waals surface area contributed by atoms with Gasteiger partial charge in [0.05, 0.1) is 24.1 Å². The Hall–Kier alpha value is -2.96. The number of aromatic nitrogens is 2. The number of rotatable bonds is 5. The third-order valence-corrected chi connectivity index (χ3v) is 3.93. The van der Waals surface area contributed by atoms with Crippen LogP contribution in [0, 0.1) is 0 Å². The molecular formula is C17H19N5O2. The van der Waals surface area contributed by atoms with Gasteiger partial charge in [-0.2, -0.15) is 0 Å². The van der Waals surface area contributed by atoms with Crippen LogP contribution in [0.15, 0.2) is 42.7 Å². The van der Waals surface area contributed by atoms with E-state index in [2.05, 4.69) is 15.3 Å². The molecule has 0 atom stereocenters. The van der Waals surface area contributed by atoms with Gasteiger partial charge in [0.1, 0.15) is 5.69 Å². The monoisotopic (exact) mass is 325 g/mol. The predicted octanol–water partition coefficient (Wildman–Crippen LogP) is 1.00. The summed E-state index contributed by atoms with van der Waals surface area (Å²) in [7, 11) is 0. The third kappa shape index (κ3) is 3.87. The Morgan fingerprint density at radius 3 is 2.58 bits per heavy atom. The van der Waals surface area contributed by atoms with E-state index in [-0.39, 0.29) is 5.91 Å². The molecule has 1 aliphatic rings. The molecular weight excluding hydrogens is 306 g/mol. The largest absolute Gasteiger partial charge is 0.378 e. The average molecular weight is 325 g/mol. The SMILES string of the molecule is O=CN1CCN(C(=O)c2ccc(NCc3ccccn3)cn2)CC1. The van der Waals surface area contributed by atoms with Gasteiger partial charge >= 0.3 is 0 Å². The van der Waals surface area contributed by atoms with Crippen LogP contribution >= 0.6 is 0 Å². The molecule has 2 aromatic rings. The van der Waals surface area contributed by atoms with Crippen molar-refractivity contribution in [3.63, 3.8) is 0 Å². The van der Waals surface area contributed by atoms with Crippen molar-refractivity contribution in [1.82, 2.24) is 19.8 Å². The van der Waals surface area contributed by atoms with Crippen molar-refractivity contribution in [3.8, 4) is 0 Å². The number of piperazine rings is 1. The first-order valence-electron chi connectivity index (χ1n) is 7.85. The van der Waals surface area contributed by atoms with Crippen LogP contribution in [0.4, 0.5) is 5.69 Å². The number of carbonyl (C=O) groups excluding carboxylic acids is 2. The number of pyridine rings is 2. The lowest BCUT2D eigenvalue weighted by molar-refractivity contribution is -0.119. The molecule has 1 fully saturated rings. The summed E-state index contributed by atoms with van der Waals surface area (Å²) in [5.74, 6) is -0.100. The zero-order chi connectivity index (χ0) is 16.8. The molecule has 7 nitrogen and oxygen atoms in total. The fourth-order valence-corrected chi connectivity index (χ4v) is 2.51. The molecule has 24 heavy (non-hydrogen) atoms. The van der Waals surface area contributed by atoms with Gasteiger partial charge in [-0.15, -0.1) is 0 Å². The molecule has 0 bridgehead atoms. The minimum absolute atomic E-state index is 0.100. The molecule has 0 aliphatic carbocycles. The minimum Gasteiger partial charge on any atom is -0.378 e. The normalized spacial score (nSPS) is 14.3. The molecule has 1 aliphatic heterocycles. The van der Waals surface area contributed by atoms with E-state index in [1.807, 2.05) is 24.3 Å². The van der Waals surface area contributed by atoms with E-state index in [0.717, 1.165) is 17.8 Å². The minimum atomic E-state index is -0.100. The van der Waals surface area contributed by atoms with Crippen LogP contribution in [0.1, 0.15) is 16.2 Å². The van der Waals surface area contributed by atoms with E-state index in [1.165, 1.54) is 0 Å². The lowest BCUT2D eigenvalue weighted by atomic mass is 10.2. The number of anilines is 1. The van der Waals surface area contributed by atoms with Crippen LogP contribution < -0.4 is 5.32 Å². The zero-order valence-corrected chi connectivity index (χ0v) is 13.3. The molecule has 3 rings (SSSR count). The Bertz CT molecular complexity index is 682. The predicted molar refractivity (Wildman–Crippen MR) is 89.3 cm³/mol. The van der Waals surface area contributed by atoms with Crippen molar-refractivity contribution in [2.45, 2.75) is 6.54 Å². The summed E-state index contributed by atoms with van der Waals surface area (Å²) in [5, 5.41) is 3.22. The zero-order valence-electron chi connectivity index (χ0n) is 13.3. The summed E-state index contributed by atoms with van der Waals surface area (Å²) in [6, 6.07) is 9.31. The van der Waals surface area contributed by atoms with E-state index < -0.39 is 0 Å². The van der Waals surface area contributed by atoms with Gasteiger partial charge in [0.25, 0.3) is 5.91 Å². The fraction of sp³-hybridized carbons (Fsp3) is 0.294. The lowest BCUT2D eigenvalue weighted by Gasteiger charge is -2.32. The van der Waals surface area contributed by atoms with Crippen LogP contribution in [0.3, 0.4) is 0 Å². The highest BCUT2D eigenvalue weighted by Gasteiger charge is 2.21. The number of hydrogen-bond acceptors (Lipinski definition) is 5. The van der Waals surface area contributed by atoms with E-state index in [4.69, 9.17) is 0 Å². The lowest BCUT2D eigenvalue weighted by Crippen LogP contribution is -2.48. The second-order valence-corrected chi connectivity index (χ2v) is 5.54. The van der Waals surface area contributed by atoms with Crippen molar-refractivity contribution in [2.24, 2.45) is 0 Å². The average Bonchev–Trinajstić information content (AvgIpc) is 2.67. The summed E-state index contributed by atoms with van der Waals surface area (Å²) < 4.78 is 0. The molecule has 124 valence electrons. The van der Waals surface area contributed by atoms with Gasteiger partial charge in [-0.1, -0.05) is 6.07 Å². The van der Waals surface area contributed by atoms with Crippen molar-refractivity contribution in [1.29, 1.82) is 0 Å². The van der Waals surface area contributed by atoms with E-state index in [9.17, 15) is 9.59 Å². The molecule has 0 saturated carbocycles.